The van der Waals surface area contributed by atoms with Gasteiger partial charge in [-0.1, -0.05) is 48.5 Å². The van der Waals surface area contributed by atoms with Crippen LogP contribution >= 0.6 is 0 Å². The van der Waals surface area contributed by atoms with Crippen LogP contribution in [0.3, 0.4) is 0 Å². The first-order valence-electron chi connectivity index (χ1n) is 14.8. The number of amides is 2. The smallest absolute Gasteiger partial charge is 0.487 e. The summed E-state index contributed by atoms with van der Waals surface area (Å²) in [6, 6.07) is 33.0. The lowest BCUT2D eigenvalue weighted by Gasteiger charge is -2.42. The summed E-state index contributed by atoms with van der Waals surface area (Å²) in [5.41, 5.74) is 4.47. The molecule has 44 heavy (non-hydrogen) atoms. The van der Waals surface area contributed by atoms with Crippen LogP contribution in [0, 0.1) is 17.8 Å². The Labute approximate surface area is 255 Å². The number of para-hydroxylation sites is 2. The maximum atomic E-state index is 14.1. The van der Waals surface area contributed by atoms with Crippen molar-refractivity contribution in [1.82, 2.24) is 0 Å². The molecule has 2 heterocycles. The third-order valence-corrected chi connectivity index (χ3v) is 8.82. The van der Waals surface area contributed by atoms with Gasteiger partial charge in [0.1, 0.15) is 18.1 Å². The fourth-order valence-corrected chi connectivity index (χ4v) is 6.77. The molecule has 0 unspecified atom stereocenters. The Hall–Kier alpha value is -4.86. The van der Waals surface area contributed by atoms with E-state index in [1.54, 1.807) is 36.4 Å². The SMILES string of the molecule is O=C1[C@H]2[C@H](CC(COc3ccccc3)=C3B(O)O[C@H](c4ccc(O)cc4)C[C@H]32)C(=O)N1c1ccc(Nc2ccccc2)cc1. The number of hydrogen-bond acceptors (Lipinski definition) is 7. The first-order valence-corrected chi connectivity index (χ1v) is 14.8. The van der Waals surface area contributed by atoms with E-state index < -0.39 is 31.0 Å². The maximum Gasteiger partial charge on any atom is 0.487 e. The molecule has 4 aromatic carbocycles. The van der Waals surface area contributed by atoms with Crippen molar-refractivity contribution in [2.45, 2.75) is 18.9 Å². The number of nitrogens with one attached hydrogen (secondary N) is 1. The topological polar surface area (TPSA) is 108 Å². The summed E-state index contributed by atoms with van der Waals surface area (Å²) >= 11 is 0. The number of imide groups is 1. The van der Waals surface area contributed by atoms with Gasteiger partial charge >= 0.3 is 7.12 Å². The number of rotatable bonds is 7. The Morgan fingerprint density at radius 2 is 1.48 bits per heavy atom. The Bertz CT molecular complexity index is 1700. The zero-order chi connectivity index (χ0) is 30.2. The fraction of sp³-hybridized carbons (Fsp3) is 0.200. The number of ether oxygens (including phenoxy) is 1. The van der Waals surface area contributed by atoms with E-state index in [-0.39, 0.29) is 24.2 Å². The van der Waals surface area contributed by atoms with Gasteiger partial charge in [-0.05, 0) is 96.0 Å². The third-order valence-electron chi connectivity index (χ3n) is 8.82. The van der Waals surface area contributed by atoms with Gasteiger partial charge in [0.05, 0.1) is 23.6 Å². The van der Waals surface area contributed by atoms with Crippen molar-refractivity contribution in [2.75, 3.05) is 16.8 Å². The molecule has 3 aliphatic rings. The molecule has 2 saturated heterocycles. The predicted octanol–water partition coefficient (Wildman–Crippen LogP) is 5.82. The van der Waals surface area contributed by atoms with Crippen LogP contribution < -0.4 is 15.0 Å². The van der Waals surface area contributed by atoms with Gasteiger partial charge in [0.2, 0.25) is 11.8 Å². The molecule has 4 aromatic rings. The lowest BCUT2D eigenvalue weighted by Crippen LogP contribution is -2.45. The molecule has 0 bridgehead atoms. The number of nitrogens with zero attached hydrogens (tertiary/aromatic N) is 1. The second kappa shape index (κ2) is 11.7. The molecule has 7 rings (SSSR count). The summed E-state index contributed by atoms with van der Waals surface area (Å²) in [5.74, 6) is -1.37. The lowest BCUT2D eigenvalue weighted by molar-refractivity contribution is -0.123. The first kappa shape index (κ1) is 27.9. The van der Waals surface area contributed by atoms with Gasteiger partial charge in [-0.2, -0.15) is 0 Å². The zero-order valence-corrected chi connectivity index (χ0v) is 23.9. The molecule has 4 atom stereocenters. The molecule has 9 heteroatoms. The molecule has 0 aromatic heterocycles. The summed E-state index contributed by atoms with van der Waals surface area (Å²) < 4.78 is 12.2. The van der Waals surface area contributed by atoms with Crippen molar-refractivity contribution in [3.05, 3.63) is 126 Å². The van der Waals surface area contributed by atoms with Crippen molar-refractivity contribution < 1.29 is 29.1 Å². The van der Waals surface area contributed by atoms with Crippen LogP contribution in [0.25, 0.3) is 0 Å². The van der Waals surface area contributed by atoms with Crippen molar-refractivity contribution in [2.24, 2.45) is 17.8 Å². The molecule has 0 saturated carbocycles. The van der Waals surface area contributed by atoms with E-state index in [0.717, 1.165) is 22.5 Å². The summed E-state index contributed by atoms with van der Waals surface area (Å²) in [7, 11) is -1.26. The normalized spacial score (nSPS) is 22.9. The molecule has 2 amide bonds. The highest BCUT2D eigenvalue weighted by molar-refractivity contribution is 6.53. The van der Waals surface area contributed by atoms with Crippen molar-refractivity contribution in [3.63, 3.8) is 0 Å². The standard InChI is InChI=1S/C35H31BN2O6/c39-27-17-11-22(12-18-27)31-20-29-32-30(19-23(33(29)36(42)44-31)21-43-28-9-5-2-6-10-28)34(40)38(35(32)41)26-15-13-25(14-16-26)37-24-7-3-1-4-8-24/h1-18,29-32,37,39,42H,19-21H2/t29-,30-,31-,32+/m0/s1. The maximum absolute atomic E-state index is 14.1. The van der Waals surface area contributed by atoms with Crippen LogP contribution in [0.2, 0.25) is 0 Å². The molecule has 0 spiro atoms. The van der Waals surface area contributed by atoms with Gasteiger partial charge in [-0.25, -0.2) is 0 Å². The number of hydrogen-bond donors (Lipinski definition) is 3. The van der Waals surface area contributed by atoms with Crippen LogP contribution in [0.1, 0.15) is 24.5 Å². The van der Waals surface area contributed by atoms with Gasteiger partial charge in [-0.15, -0.1) is 0 Å². The second-order valence-corrected chi connectivity index (χ2v) is 11.5. The fourth-order valence-electron chi connectivity index (χ4n) is 6.77. The number of aromatic hydroxyl groups is 1. The van der Waals surface area contributed by atoms with E-state index in [2.05, 4.69) is 5.32 Å². The molecule has 1 aliphatic carbocycles. The van der Waals surface area contributed by atoms with Crippen LogP contribution in [-0.4, -0.2) is 35.7 Å². The number of anilines is 3. The zero-order valence-electron chi connectivity index (χ0n) is 23.9. The second-order valence-electron chi connectivity index (χ2n) is 11.5. The lowest BCUT2D eigenvalue weighted by atomic mass is 9.55. The Morgan fingerprint density at radius 3 is 2.18 bits per heavy atom. The van der Waals surface area contributed by atoms with E-state index in [9.17, 15) is 19.7 Å². The van der Waals surface area contributed by atoms with E-state index in [1.165, 1.54) is 4.90 Å². The van der Waals surface area contributed by atoms with Gasteiger partial charge in [0.25, 0.3) is 0 Å². The van der Waals surface area contributed by atoms with Crippen molar-refractivity contribution in [1.29, 1.82) is 0 Å². The number of fused-ring (bicyclic) bond motifs is 3. The minimum absolute atomic E-state index is 0.126. The van der Waals surface area contributed by atoms with Crippen LogP contribution in [-0.2, 0) is 14.2 Å². The summed E-state index contributed by atoms with van der Waals surface area (Å²) in [6.07, 6.45) is 0.178. The van der Waals surface area contributed by atoms with Gasteiger partial charge in [0.15, 0.2) is 0 Å². The Morgan fingerprint density at radius 1 is 0.818 bits per heavy atom. The third kappa shape index (κ3) is 5.25. The molecule has 2 aliphatic heterocycles. The van der Waals surface area contributed by atoms with Gasteiger partial charge < -0.3 is 24.8 Å². The summed E-state index contributed by atoms with van der Waals surface area (Å²) in [4.78, 5) is 29.4. The van der Waals surface area contributed by atoms with Gasteiger partial charge in [0, 0.05) is 11.4 Å². The number of phenolic OH excluding ortho intramolecular Hbond substituents is 1. The molecule has 0 radical (unpaired) electrons. The van der Waals surface area contributed by atoms with Crippen LogP contribution in [0.5, 0.6) is 11.5 Å². The van der Waals surface area contributed by atoms with Crippen LogP contribution in [0.15, 0.2) is 120 Å². The van der Waals surface area contributed by atoms with Crippen LogP contribution in [0.4, 0.5) is 17.1 Å². The minimum atomic E-state index is -1.26. The largest absolute Gasteiger partial charge is 0.508 e. The molecule has 8 nitrogen and oxygen atoms in total. The molecule has 2 fully saturated rings. The highest BCUT2D eigenvalue weighted by Crippen LogP contribution is 2.52. The quantitative estimate of drug-likeness (QED) is 0.185. The highest BCUT2D eigenvalue weighted by Gasteiger charge is 2.58. The molecule has 3 N–H and O–H groups in total. The number of allylic oxidation sites excluding steroid dienone is 1. The Balaban J connectivity index is 1.20. The number of carbonyl (C=O) groups is 2. The Kier molecular flexibility index (Phi) is 7.41. The summed E-state index contributed by atoms with van der Waals surface area (Å²) in [5, 5.41) is 24.5. The van der Waals surface area contributed by atoms with E-state index in [0.29, 0.717) is 29.8 Å². The number of benzene rings is 4. The van der Waals surface area contributed by atoms with E-state index >= 15 is 0 Å². The van der Waals surface area contributed by atoms with Gasteiger partial charge in [-0.3, -0.25) is 14.5 Å². The first-order chi connectivity index (χ1) is 21.5. The highest BCUT2D eigenvalue weighted by atomic mass is 16.5. The van der Waals surface area contributed by atoms with E-state index in [1.807, 2.05) is 72.8 Å². The predicted molar refractivity (Wildman–Crippen MR) is 167 cm³/mol. The number of phenols is 1. The average Bonchev–Trinajstić information content (AvgIpc) is 3.30. The monoisotopic (exact) mass is 586 g/mol. The minimum Gasteiger partial charge on any atom is -0.508 e. The van der Waals surface area contributed by atoms with Crippen molar-refractivity contribution in [3.8, 4) is 11.5 Å². The molecular weight excluding hydrogens is 555 g/mol. The number of carbonyl (C=O) groups excluding carboxylic acids is 2. The van der Waals surface area contributed by atoms with Crippen molar-refractivity contribution >= 4 is 36.0 Å². The average molecular weight is 586 g/mol. The van der Waals surface area contributed by atoms with E-state index in [4.69, 9.17) is 9.39 Å². The molecular formula is C35H31BN2O6. The summed E-state index contributed by atoms with van der Waals surface area (Å²) in [6.45, 7) is 0.171. The molecule has 220 valence electrons.